The number of piperidine rings is 1. The fourth-order valence-corrected chi connectivity index (χ4v) is 3.17. The van der Waals surface area contributed by atoms with Gasteiger partial charge in [-0.2, -0.15) is 0 Å². The lowest BCUT2D eigenvalue weighted by Gasteiger charge is -2.38. The van der Waals surface area contributed by atoms with Crippen molar-refractivity contribution in [3.05, 3.63) is 0 Å². The third-order valence-corrected chi connectivity index (χ3v) is 4.58. The summed E-state index contributed by atoms with van der Waals surface area (Å²) >= 11 is 0. The zero-order valence-electron chi connectivity index (χ0n) is 11.5. The largest absolute Gasteiger partial charge is 0.342 e. The molecule has 0 spiro atoms. The lowest BCUT2D eigenvalue weighted by Crippen LogP contribution is -2.48. The van der Waals surface area contributed by atoms with Crippen molar-refractivity contribution >= 4 is 5.91 Å². The number of nitrogens with zero attached hydrogens (tertiary/aromatic N) is 1. The molecule has 3 heteroatoms. The Labute approximate surface area is 105 Å². The van der Waals surface area contributed by atoms with E-state index in [0.29, 0.717) is 17.7 Å². The molecule has 2 rings (SSSR count). The minimum Gasteiger partial charge on any atom is -0.342 e. The molecule has 2 aliphatic rings. The maximum Gasteiger partial charge on any atom is 0.228 e. The first kappa shape index (κ1) is 12.9. The maximum atomic E-state index is 12.6. The molecule has 2 aliphatic heterocycles. The van der Waals surface area contributed by atoms with Crippen molar-refractivity contribution in [1.29, 1.82) is 0 Å². The van der Waals surface area contributed by atoms with E-state index in [2.05, 4.69) is 31.0 Å². The van der Waals surface area contributed by atoms with E-state index in [-0.39, 0.29) is 5.41 Å². The number of likely N-dealkylation sites (tertiary alicyclic amines) is 1. The molecule has 0 radical (unpaired) electrons. The molecule has 3 nitrogen and oxygen atoms in total. The number of rotatable bonds is 2. The Hall–Kier alpha value is -0.570. The van der Waals surface area contributed by atoms with Gasteiger partial charge in [0.15, 0.2) is 0 Å². The van der Waals surface area contributed by atoms with Crippen molar-refractivity contribution in [3.8, 4) is 0 Å². The summed E-state index contributed by atoms with van der Waals surface area (Å²) in [6.45, 7) is 10.5. The first-order valence-electron chi connectivity index (χ1n) is 7.02. The highest BCUT2D eigenvalue weighted by atomic mass is 16.2. The Kier molecular flexibility index (Phi) is 3.76. The molecule has 0 aromatic carbocycles. The Morgan fingerprint density at radius 3 is 2.65 bits per heavy atom. The van der Waals surface area contributed by atoms with Crippen molar-refractivity contribution in [2.45, 2.75) is 40.0 Å². The van der Waals surface area contributed by atoms with Crippen LogP contribution in [0.2, 0.25) is 0 Å². The summed E-state index contributed by atoms with van der Waals surface area (Å²) in [5, 5.41) is 3.42. The second-order valence-electron chi connectivity index (χ2n) is 6.41. The van der Waals surface area contributed by atoms with Gasteiger partial charge < -0.3 is 10.2 Å². The van der Waals surface area contributed by atoms with Crippen LogP contribution in [-0.4, -0.2) is 37.0 Å². The van der Waals surface area contributed by atoms with Crippen LogP contribution >= 0.6 is 0 Å². The van der Waals surface area contributed by atoms with Gasteiger partial charge in [-0.25, -0.2) is 0 Å². The number of amides is 1. The summed E-state index contributed by atoms with van der Waals surface area (Å²) in [4.78, 5) is 14.7. The highest BCUT2D eigenvalue weighted by Crippen LogP contribution is 2.35. The van der Waals surface area contributed by atoms with Crippen LogP contribution in [0, 0.1) is 17.3 Å². The van der Waals surface area contributed by atoms with Gasteiger partial charge in [0.05, 0.1) is 0 Å². The molecule has 2 heterocycles. The van der Waals surface area contributed by atoms with Crippen LogP contribution < -0.4 is 5.32 Å². The summed E-state index contributed by atoms with van der Waals surface area (Å²) in [5.41, 5.74) is -0.197. The second-order valence-corrected chi connectivity index (χ2v) is 6.41. The van der Waals surface area contributed by atoms with E-state index in [4.69, 9.17) is 0 Å². The minimum absolute atomic E-state index is 0.197. The van der Waals surface area contributed by atoms with Crippen LogP contribution in [0.5, 0.6) is 0 Å². The molecule has 2 fully saturated rings. The molecule has 0 aromatic heterocycles. The Morgan fingerprint density at radius 1 is 1.35 bits per heavy atom. The van der Waals surface area contributed by atoms with Gasteiger partial charge in [-0.15, -0.1) is 0 Å². The van der Waals surface area contributed by atoms with E-state index in [1.54, 1.807) is 0 Å². The Balaban J connectivity index is 2.00. The van der Waals surface area contributed by atoms with Crippen molar-refractivity contribution in [1.82, 2.24) is 10.2 Å². The quantitative estimate of drug-likeness (QED) is 0.796. The number of hydrogen-bond donors (Lipinski definition) is 1. The minimum atomic E-state index is -0.197. The number of carbonyl (C=O) groups excluding carboxylic acids is 1. The molecule has 0 bridgehead atoms. The molecular formula is C14H26N2O. The van der Waals surface area contributed by atoms with E-state index in [9.17, 15) is 4.79 Å². The lowest BCUT2D eigenvalue weighted by atomic mass is 9.74. The monoisotopic (exact) mass is 238 g/mol. The number of hydrogen-bond acceptors (Lipinski definition) is 2. The van der Waals surface area contributed by atoms with Gasteiger partial charge in [-0.3, -0.25) is 4.79 Å². The van der Waals surface area contributed by atoms with Gasteiger partial charge in [0.2, 0.25) is 5.91 Å². The van der Waals surface area contributed by atoms with Crippen molar-refractivity contribution in [2.75, 3.05) is 26.2 Å². The van der Waals surface area contributed by atoms with Crippen LogP contribution in [0.15, 0.2) is 0 Å². The van der Waals surface area contributed by atoms with Crippen molar-refractivity contribution in [3.63, 3.8) is 0 Å². The first-order valence-corrected chi connectivity index (χ1v) is 7.02. The fraction of sp³-hybridized carbons (Fsp3) is 0.929. The molecule has 0 aromatic rings. The van der Waals surface area contributed by atoms with Gasteiger partial charge in [0.25, 0.3) is 0 Å². The smallest absolute Gasteiger partial charge is 0.228 e. The average Bonchev–Trinajstić information content (AvgIpc) is 2.76. The predicted molar refractivity (Wildman–Crippen MR) is 69.7 cm³/mol. The summed E-state index contributed by atoms with van der Waals surface area (Å²) < 4.78 is 0. The summed E-state index contributed by atoms with van der Waals surface area (Å²) in [7, 11) is 0. The van der Waals surface area contributed by atoms with E-state index < -0.39 is 0 Å². The second kappa shape index (κ2) is 4.97. The number of carbonyl (C=O) groups is 1. The molecule has 1 amide bonds. The molecule has 0 saturated carbocycles. The summed E-state index contributed by atoms with van der Waals surface area (Å²) in [5.74, 6) is 1.55. The normalized spacial score (nSPS) is 30.6. The van der Waals surface area contributed by atoms with E-state index in [1.807, 2.05) is 0 Å². The molecule has 1 N–H and O–H groups in total. The summed E-state index contributed by atoms with van der Waals surface area (Å²) in [6.07, 6.45) is 3.57. The van der Waals surface area contributed by atoms with E-state index in [1.165, 1.54) is 19.3 Å². The SMILES string of the molecule is CC1CCN(C(=O)C(C)(C)C2CCCNC2)C1. The van der Waals surface area contributed by atoms with Crippen molar-refractivity contribution in [2.24, 2.45) is 17.3 Å². The third kappa shape index (κ3) is 2.65. The van der Waals surface area contributed by atoms with Gasteiger partial charge >= 0.3 is 0 Å². The molecule has 0 aliphatic carbocycles. The lowest BCUT2D eigenvalue weighted by molar-refractivity contribution is -0.142. The molecule has 17 heavy (non-hydrogen) atoms. The van der Waals surface area contributed by atoms with Crippen LogP contribution in [0.25, 0.3) is 0 Å². The molecule has 2 atom stereocenters. The van der Waals surface area contributed by atoms with Crippen LogP contribution in [0.3, 0.4) is 0 Å². The van der Waals surface area contributed by atoms with Crippen molar-refractivity contribution < 1.29 is 4.79 Å². The Morgan fingerprint density at radius 2 is 2.12 bits per heavy atom. The van der Waals surface area contributed by atoms with Gasteiger partial charge in [0.1, 0.15) is 0 Å². The zero-order chi connectivity index (χ0) is 12.5. The van der Waals surface area contributed by atoms with Crippen LogP contribution in [0.1, 0.15) is 40.0 Å². The summed E-state index contributed by atoms with van der Waals surface area (Å²) in [6, 6.07) is 0. The Bertz CT molecular complexity index is 282. The highest BCUT2D eigenvalue weighted by Gasteiger charge is 2.41. The van der Waals surface area contributed by atoms with Gasteiger partial charge in [-0.1, -0.05) is 20.8 Å². The van der Waals surface area contributed by atoms with Crippen LogP contribution in [0.4, 0.5) is 0 Å². The first-order chi connectivity index (χ1) is 8.01. The van der Waals surface area contributed by atoms with Crippen LogP contribution in [-0.2, 0) is 4.79 Å². The fourth-order valence-electron chi connectivity index (χ4n) is 3.17. The molecule has 2 saturated heterocycles. The maximum absolute atomic E-state index is 12.6. The molecular weight excluding hydrogens is 212 g/mol. The van der Waals surface area contributed by atoms with Gasteiger partial charge in [-0.05, 0) is 44.2 Å². The van der Waals surface area contributed by atoms with E-state index in [0.717, 1.165) is 26.2 Å². The van der Waals surface area contributed by atoms with Gasteiger partial charge in [0, 0.05) is 18.5 Å². The molecule has 2 unspecified atom stereocenters. The number of nitrogens with one attached hydrogen (secondary N) is 1. The third-order valence-electron chi connectivity index (χ3n) is 4.58. The average molecular weight is 238 g/mol. The zero-order valence-corrected chi connectivity index (χ0v) is 11.5. The standard InChI is InChI=1S/C14H26N2O/c1-11-6-8-16(10-11)13(17)14(2,3)12-5-4-7-15-9-12/h11-12,15H,4-10H2,1-3H3. The van der Waals surface area contributed by atoms with E-state index >= 15 is 0 Å². The topological polar surface area (TPSA) is 32.3 Å². The highest BCUT2D eigenvalue weighted by molar-refractivity contribution is 5.82. The predicted octanol–water partition coefficient (Wildman–Crippen LogP) is 1.88. The molecule has 98 valence electrons.